The molecule has 1 fully saturated rings. The van der Waals surface area contributed by atoms with Crippen LogP contribution in [0.5, 0.6) is 11.5 Å². The minimum Gasteiger partial charge on any atom is -0.496 e. The van der Waals surface area contributed by atoms with E-state index in [2.05, 4.69) is 5.32 Å². The van der Waals surface area contributed by atoms with E-state index in [0.717, 1.165) is 6.54 Å². The molecule has 0 aliphatic carbocycles. The van der Waals surface area contributed by atoms with Gasteiger partial charge in [0.1, 0.15) is 23.2 Å². The zero-order valence-electron chi connectivity index (χ0n) is 10.6. The average Bonchev–Trinajstić information content (AvgIpc) is 2.46. The van der Waals surface area contributed by atoms with Gasteiger partial charge in [0.05, 0.1) is 20.8 Å². The van der Waals surface area contributed by atoms with Crippen molar-refractivity contribution in [3.63, 3.8) is 0 Å². The van der Waals surface area contributed by atoms with Gasteiger partial charge in [-0.15, -0.1) is 0 Å². The quantitative estimate of drug-likeness (QED) is 0.805. The molecular formula is C13H17NO4. The predicted molar refractivity (Wildman–Crippen MR) is 66.5 cm³/mol. The van der Waals surface area contributed by atoms with E-state index in [4.69, 9.17) is 14.2 Å². The van der Waals surface area contributed by atoms with E-state index in [-0.39, 0.29) is 5.78 Å². The number of Topliss-reactive ketones (excluding diaryl/α,β-unsaturated/α-hetero) is 1. The van der Waals surface area contributed by atoms with Gasteiger partial charge >= 0.3 is 0 Å². The average molecular weight is 251 g/mol. The van der Waals surface area contributed by atoms with Crippen molar-refractivity contribution in [3.8, 4) is 11.5 Å². The summed E-state index contributed by atoms with van der Waals surface area (Å²) in [5.41, 5.74) is 0.441. The first-order valence-electron chi connectivity index (χ1n) is 5.85. The van der Waals surface area contributed by atoms with Crippen LogP contribution in [-0.2, 0) is 4.74 Å². The Kier molecular flexibility index (Phi) is 4.17. The summed E-state index contributed by atoms with van der Waals surface area (Å²) in [6, 6.07) is 5.27. The van der Waals surface area contributed by atoms with Gasteiger partial charge in [-0.1, -0.05) is 6.07 Å². The van der Waals surface area contributed by atoms with Gasteiger partial charge in [-0.2, -0.15) is 0 Å². The lowest BCUT2D eigenvalue weighted by molar-refractivity contribution is 0.0265. The van der Waals surface area contributed by atoms with Gasteiger partial charge in [0.25, 0.3) is 0 Å². The molecule has 1 saturated heterocycles. The zero-order valence-corrected chi connectivity index (χ0v) is 10.6. The number of benzene rings is 1. The van der Waals surface area contributed by atoms with Crippen LogP contribution in [0.2, 0.25) is 0 Å². The number of rotatable bonds is 4. The molecule has 1 heterocycles. The summed E-state index contributed by atoms with van der Waals surface area (Å²) < 4.78 is 15.9. The normalized spacial score (nSPS) is 19.3. The Labute approximate surface area is 106 Å². The number of ether oxygens (including phenoxy) is 3. The maximum absolute atomic E-state index is 12.4. The van der Waals surface area contributed by atoms with E-state index >= 15 is 0 Å². The molecule has 0 saturated carbocycles. The van der Waals surface area contributed by atoms with Gasteiger partial charge in [0.15, 0.2) is 5.78 Å². The lowest BCUT2D eigenvalue weighted by Crippen LogP contribution is -2.43. The summed E-state index contributed by atoms with van der Waals surface area (Å²) >= 11 is 0. The largest absolute Gasteiger partial charge is 0.496 e. The van der Waals surface area contributed by atoms with Crippen LogP contribution >= 0.6 is 0 Å². The molecule has 1 aromatic carbocycles. The molecule has 5 heteroatoms. The van der Waals surface area contributed by atoms with Crippen LogP contribution in [0, 0.1) is 0 Å². The van der Waals surface area contributed by atoms with Crippen LogP contribution < -0.4 is 14.8 Å². The Morgan fingerprint density at radius 3 is 2.50 bits per heavy atom. The van der Waals surface area contributed by atoms with Crippen molar-refractivity contribution in [2.45, 2.75) is 6.10 Å². The molecule has 1 N–H and O–H groups in total. The molecule has 98 valence electrons. The summed E-state index contributed by atoms with van der Waals surface area (Å²) in [7, 11) is 3.07. The second kappa shape index (κ2) is 5.84. The highest BCUT2D eigenvalue weighted by Crippen LogP contribution is 2.30. The van der Waals surface area contributed by atoms with Gasteiger partial charge in [-0.05, 0) is 12.1 Å². The molecule has 5 nitrogen and oxygen atoms in total. The fraction of sp³-hybridized carbons (Fsp3) is 0.462. The number of hydrogen-bond donors (Lipinski definition) is 1. The topological polar surface area (TPSA) is 56.8 Å². The molecule has 0 bridgehead atoms. The minimum absolute atomic E-state index is 0.114. The first-order chi connectivity index (χ1) is 8.77. The van der Waals surface area contributed by atoms with E-state index < -0.39 is 6.10 Å². The van der Waals surface area contributed by atoms with Gasteiger partial charge in [0, 0.05) is 13.1 Å². The highest BCUT2D eigenvalue weighted by molar-refractivity contribution is 6.04. The Morgan fingerprint density at radius 2 is 2.00 bits per heavy atom. The molecule has 1 aliphatic rings. The SMILES string of the molecule is COc1cccc(OC)c1C(=O)C1CNCCO1. The van der Waals surface area contributed by atoms with Crippen molar-refractivity contribution in [2.24, 2.45) is 0 Å². The maximum atomic E-state index is 12.4. The van der Waals surface area contributed by atoms with Crippen molar-refractivity contribution in [1.29, 1.82) is 0 Å². The lowest BCUT2D eigenvalue weighted by atomic mass is 10.0. The van der Waals surface area contributed by atoms with Crippen LogP contribution in [0.25, 0.3) is 0 Å². The second-order valence-electron chi connectivity index (χ2n) is 3.97. The third kappa shape index (κ3) is 2.47. The summed E-state index contributed by atoms with van der Waals surface area (Å²) in [5.74, 6) is 0.901. The van der Waals surface area contributed by atoms with Crippen LogP contribution in [0.15, 0.2) is 18.2 Å². The molecular weight excluding hydrogens is 234 g/mol. The van der Waals surface area contributed by atoms with Crippen molar-refractivity contribution >= 4 is 5.78 Å². The summed E-state index contributed by atoms with van der Waals surface area (Å²) in [5, 5.41) is 3.13. The number of carbonyl (C=O) groups is 1. The van der Waals surface area contributed by atoms with Crippen LogP contribution in [0.3, 0.4) is 0 Å². The van der Waals surface area contributed by atoms with Gasteiger partial charge in [-0.3, -0.25) is 4.79 Å². The fourth-order valence-corrected chi connectivity index (χ4v) is 1.99. The molecule has 1 unspecified atom stereocenters. The predicted octanol–water partition coefficient (Wildman–Crippen LogP) is 0.875. The maximum Gasteiger partial charge on any atom is 0.200 e. The van der Waals surface area contributed by atoms with Gasteiger partial charge in [0.2, 0.25) is 0 Å². The third-order valence-corrected chi connectivity index (χ3v) is 2.89. The molecule has 1 aromatic rings. The molecule has 0 radical (unpaired) electrons. The second-order valence-corrected chi connectivity index (χ2v) is 3.97. The molecule has 1 aliphatic heterocycles. The molecule has 0 aromatic heterocycles. The van der Waals surface area contributed by atoms with E-state index in [1.807, 2.05) is 0 Å². The number of morpholine rings is 1. The number of methoxy groups -OCH3 is 2. The molecule has 0 amide bonds. The summed E-state index contributed by atoms with van der Waals surface area (Å²) in [6.45, 7) is 1.82. The van der Waals surface area contributed by atoms with Gasteiger partial charge in [-0.25, -0.2) is 0 Å². The Balaban J connectivity index is 2.32. The molecule has 0 spiro atoms. The molecule has 18 heavy (non-hydrogen) atoms. The summed E-state index contributed by atoms with van der Waals surface area (Å²) in [6.07, 6.45) is -0.482. The lowest BCUT2D eigenvalue weighted by Gasteiger charge is -2.23. The minimum atomic E-state index is -0.482. The first kappa shape index (κ1) is 12.9. The Morgan fingerprint density at radius 1 is 1.33 bits per heavy atom. The van der Waals surface area contributed by atoms with E-state index in [1.165, 1.54) is 14.2 Å². The first-order valence-corrected chi connectivity index (χ1v) is 5.85. The number of nitrogens with one attached hydrogen (secondary N) is 1. The van der Waals surface area contributed by atoms with Crippen molar-refractivity contribution in [3.05, 3.63) is 23.8 Å². The van der Waals surface area contributed by atoms with Crippen LogP contribution in [-0.4, -0.2) is 45.8 Å². The Bertz CT molecular complexity index is 405. The third-order valence-electron chi connectivity index (χ3n) is 2.89. The van der Waals surface area contributed by atoms with Gasteiger partial charge < -0.3 is 19.5 Å². The Hall–Kier alpha value is -1.59. The van der Waals surface area contributed by atoms with Crippen molar-refractivity contribution in [2.75, 3.05) is 33.9 Å². The van der Waals surface area contributed by atoms with Crippen molar-refractivity contribution < 1.29 is 19.0 Å². The van der Waals surface area contributed by atoms with E-state index in [0.29, 0.717) is 30.2 Å². The highest BCUT2D eigenvalue weighted by Gasteiger charge is 2.28. The number of carbonyl (C=O) groups excluding carboxylic acids is 1. The van der Waals surface area contributed by atoms with E-state index in [1.54, 1.807) is 18.2 Å². The standard InChI is InChI=1S/C13H17NO4/c1-16-9-4-3-5-10(17-2)12(9)13(15)11-8-14-6-7-18-11/h3-5,11,14H,6-8H2,1-2H3. The number of ketones is 1. The van der Waals surface area contributed by atoms with E-state index in [9.17, 15) is 4.79 Å². The zero-order chi connectivity index (χ0) is 13.0. The molecule has 1 atom stereocenters. The number of hydrogen-bond acceptors (Lipinski definition) is 5. The molecule has 2 rings (SSSR count). The monoisotopic (exact) mass is 251 g/mol. The highest BCUT2D eigenvalue weighted by atomic mass is 16.5. The smallest absolute Gasteiger partial charge is 0.200 e. The van der Waals surface area contributed by atoms with Crippen LogP contribution in [0.1, 0.15) is 10.4 Å². The van der Waals surface area contributed by atoms with Crippen molar-refractivity contribution in [1.82, 2.24) is 5.32 Å². The fourth-order valence-electron chi connectivity index (χ4n) is 1.99. The summed E-state index contributed by atoms with van der Waals surface area (Å²) in [4.78, 5) is 12.4. The van der Waals surface area contributed by atoms with Crippen LogP contribution in [0.4, 0.5) is 0 Å².